The van der Waals surface area contributed by atoms with Crippen LogP contribution in [0.15, 0.2) is 54.7 Å². The third-order valence-electron chi connectivity index (χ3n) is 5.19. The number of para-hydroxylation sites is 1. The van der Waals surface area contributed by atoms with Crippen molar-refractivity contribution in [3.63, 3.8) is 0 Å². The maximum atomic E-state index is 14.3. The fourth-order valence-corrected chi connectivity index (χ4v) is 4.79. The van der Waals surface area contributed by atoms with E-state index < -0.39 is 0 Å². The van der Waals surface area contributed by atoms with Crippen LogP contribution in [-0.2, 0) is 17.8 Å². The fraction of sp³-hybridized carbons (Fsp3) is 0.250. The number of methoxy groups -OCH3 is 1. The van der Waals surface area contributed by atoms with Crippen molar-refractivity contribution in [1.29, 1.82) is 0 Å². The summed E-state index contributed by atoms with van der Waals surface area (Å²) in [5.74, 6) is -0.518. The van der Waals surface area contributed by atoms with Gasteiger partial charge in [-0.3, -0.25) is 4.79 Å². The summed E-state index contributed by atoms with van der Waals surface area (Å²) in [5.41, 5.74) is 3.77. The van der Waals surface area contributed by atoms with Gasteiger partial charge in [-0.25, -0.2) is 9.07 Å². The number of fused-ring (bicyclic) bond motifs is 1. The van der Waals surface area contributed by atoms with Crippen molar-refractivity contribution in [2.75, 3.05) is 13.7 Å². The number of ether oxygens (including phenoxy) is 1. The minimum Gasteiger partial charge on any atom is -0.380 e. The van der Waals surface area contributed by atoms with Crippen molar-refractivity contribution in [2.45, 2.75) is 26.4 Å². The number of carbonyl (C=O) groups is 1. The average Bonchev–Trinajstić information content (AvgIpc) is 3.33. The van der Waals surface area contributed by atoms with E-state index in [1.807, 2.05) is 54.2 Å². The van der Waals surface area contributed by atoms with Crippen molar-refractivity contribution >= 4 is 27.3 Å². The number of benzene rings is 2. The third-order valence-corrected chi connectivity index (χ3v) is 6.38. The molecule has 1 amide bonds. The number of nitrogens with zero attached hydrogens (tertiary/aromatic N) is 2. The Morgan fingerprint density at radius 2 is 2.00 bits per heavy atom. The summed E-state index contributed by atoms with van der Waals surface area (Å²) < 4.78 is 22.2. The Hall–Kier alpha value is -3.03. The first-order valence-corrected chi connectivity index (χ1v) is 11.0. The van der Waals surface area contributed by atoms with Crippen LogP contribution in [0.25, 0.3) is 15.8 Å². The monoisotopic (exact) mass is 437 g/mol. The van der Waals surface area contributed by atoms with Crippen LogP contribution in [0.5, 0.6) is 0 Å². The standard InChI is InChI=1S/C24H24FN3O2S/c1-16-17(14-28(27-16)18-9-4-3-5-10-18)8-7-13-26-24(29)23-19(15-30-2)22-20(25)11-6-12-21(22)31-23/h3-6,9-12,14H,7-8,13,15H2,1-2H3,(H,26,29). The van der Waals surface area contributed by atoms with Crippen LogP contribution in [0.3, 0.4) is 0 Å². The molecule has 5 nitrogen and oxygen atoms in total. The van der Waals surface area contributed by atoms with Gasteiger partial charge in [0.25, 0.3) is 5.91 Å². The largest absolute Gasteiger partial charge is 0.380 e. The quantitative estimate of drug-likeness (QED) is 0.393. The lowest BCUT2D eigenvalue weighted by Gasteiger charge is -2.06. The maximum Gasteiger partial charge on any atom is 0.261 e. The Morgan fingerprint density at radius 3 is 2.77 bits per heavy atom. The van der Waals surface area contributed by atoms with E-state index in [4.69, 9.17) is 4.74 Å². The second kappa shape index (κ2) is 9.41. The molecule has 0 unspecified atom stereocenters. The van der Waals surface area contributed by atoms with Gasteiger partial charge in [0.1, 0.15) is 5.82 Å². The zero-order chi connectivity index (χ0) is 21.8. The van der Waals surface area contributed by atoms with Crippen LogP contribution < -0.4 is 5.32 Å². The highest BCUT2D eigenvalue weighted by Crippen LogP contribution is 2.33. The van der Waals surface area contributed by atoms with Crippen molar-refractivity contribution in [1.82, 2.24) is 15.1 Å². The molecule has 4 rings (SSSR count). The zero-order valence-corrected chi connectivity index (χ0v) is 18.3. The molecule has 0 aliphatic heterocycles. The van der Waals surface area contributed by atoms with Gasteiger partial charge in [0.15, 0.2) is 0 Å². The lowest BCUT2D eigenvalue weighted by molar-refractivity contribution is 0.0953. The van der Waals surface area contributed by atoms with E-state index in [1.165, 1.54) is 17.4 Å². The van der Waals surface area contributed by atoms with Crippen LogP contribution in [-0.4, -0.2) is 29.3 Å². The normalized spacial score (nSPS) is 11.2. The molecule has 0 atom stereocenters. The molecule has 2 heterocycles. The molecule has 1 N–H and O–H groups in total. The van der Waals surface area contributed by atoms with E-state index >= 15 is 0 Å². The number of nitrogens with one attached hydrogen (secondary N) is 1. The molecule has 0 fully saturated rings. The second-order valence-electron chi connectivity index (χ2n) is 7.34. The van der Waals surface area contributed by atoms with Crippen molar-refractivity contribution in [2.24, 2.45) is 0 Å². The summed E-state index contributed by atoms with van der Waals surface area (Å²) >= 11 is 1.30. The number of aryl methyl sites for hydroxylation is 2. The molecule has 2 aromatic carbocycles. The summed E-state index contributed by atoms with van der Waals surface area (Å²) in [6, 6.07) is 14.9. The molecule has 0 radical (unpaired) electrons. The predicted octanol–water partition coefficient (Wildman–Crippen LogP) is 5.04. The number of aromatic nitrogens is 2. The topological polar surface area (TPSA) is 56.1 Å². The van der Waals surface area contributed by atoms with Crippen LogP contribution >= 0.6 is 11.3 Å². The smallest absolute Gasteiger partial charge is 0.261 e. The number of halogens is 1. The molecule has 31 heavy (non-hydrogen) atoms. The highest BCUT2D eigenvalue weighted by molar-refractivity contribution is 7.21. The lowest BCUT2D eigenvalue weighted by Crippen LogP contribution is -2.25. The van der Waals surface area contributed by atoms with Gasteiger partial charge in [-0.1, -0.05) is 24.3 Å². The number of hydrogen-bond acceptors (Lipinski definition) is 4. The zero-order valence-electron chi connectivity index (χ0n) is 17.5. The average molecular weight is 438 g/mol. The summed E-state index contributed by atoms with van der Waals surface area (Å²) in [4.78, 5) is 13.3. The van der Waals surface area contributed by atoms with Gasteiger partial charge in [0.2, 0.25) is 0 Å². The number of hydrogen-bond donors (Lipinski definition) is 1. The van der Waals surface area contributed by atoms with E-state index in [1.54, 1.807) is 13.2 Å². The first kappa shape index (κ1) is 21.2. The minimum absolute atomic E-state index is 0.190. The Balaban J connectivity index is 1.40. The second-order valence-corrected chi connectivity index (χ2v) is 8.39. The molecular weight excluding hydrogens is 413 g/mol. The molecular formula is C24H24FN3O2S. The van der Waals surface area contributed by atoms with Gasteiger partial charge in [0.05, 0.1) is 22.9 Å². The minimum atomic E-state index is -0.328. The molecule has 160 valence electrons. The number of carbonyl (C=O) groups excluding carboxylic acids is 1. The molecule has 2 aromatic heterocycles. The van der Waals surface area contributed by atoms with Crippen LogP contribution in [0.1, 0.15) is 32.9 Å². The summed E-state index contributed by atoms with van der Waals surface area (Å²) in [6.07, 6.45) is 3.63. The van der Waals surface area contributed by atoms with Crippen molar-refractivity contribution in [3.8, 4) is 5.69 Å². The molecule has 0 aliphatic carbocycles. The van der Waals surface area contributed by atoms with E-state index in [2.05, 4.69) is 10.4 Å². The lowest BCUT2D eigenvalue weighted by atomic mass is 10.1. The van der Waals surface area contributed by atoms with E-state index in [0.29, 0.717) is 22.4 Å². The first-order valence-electron chi connectivity index (χ1n) is 10.2. The van der Waals surface area contributed by atoms with Crippen LogP contribution in [0.2, 0.25) is 0 Å². The van der Waals surface area contributed by atoms with Gasteiger partial charge in [0, 0.05) is 35.5 Å². The van der Waals surface area contributed by atoms with Crippen molar-refractivity contribution in [3.05, 3.63) is 82.2 Å². The van der Waals surface area contributed by atoms with E-state index in [-0.39, 0.29) is 18.3 Å². The predicted molar refractivity (Wildman–Crippen MR) is 121 cm³/mol. The molecule has 0 saturated carbocycles. The first-order chi connectivity index (χ1) is 15.1. The molecule has 0 spiro atoms. The maximum absolute atomic E-state index is 14.3. The fourth-order valence-electron chi connectivity index (χ4n) is 3.65. The Morgan fingerprint density at radius 1 is 1.19 bits per heavy atom. The summed E-state index contributed by atoms with van der Waals surface area (Å²) in [5, 5.41) is 8.04. The highest BCUT2D eigenvalue weighted by Gasteiger charge is 2.20. The van der Waals surface area contributed by atoms with Gasteiger partial charge in [-0.05, 0) is 49.6 Å². The summed E-state index contributed by atoms with van der Waals surface area (Å²) in [7, 11) is 1.55. The molecule has 7 heteroatoms. The Bertz CT molecular complexity index is 1200. The van der Waals surface area contributed by atoms with Gasteiger partial charge < -0.3 is 10.1 Å². The van der Waals surface area contributed by atoms with Crippen LogP contribution in [0.4, 0.5) is 4.39 Å². The number of rotatable bonds is 8. The van der Waals surface area contributed by atoms with Gasteiger partial charge >= 0.3 is 0 Å². The van der Waals surface area contributed by atoms with E-state index in [9.17, 15) is 9.18 Å². The third kappa shape index (κ3) is 4.52. The molecule has 4 aromatic rings. The summed E-state index contributed by atoms with van der Waals surface area (Å²) in [6.45, 7) is 2.72. The number of thiophene rings is 1. The Kier molecular flexibility index (Phi) is 6.44. The highest BCUT2D eigenvalue weighted by atomic mass is 32.1. The SMILES string of the molecule is COCc1c(C(=O)NCCCc2cn(-c3ccccc3)nc2C)sc2cccc(F)c12. The van der Waals surface area contributed by atoms with E-state index in [0.717, 1.165) is 34.5 Å². The van der Waals surface area contributed by atoms with Gasteiger partial charge in [-0.15, -0.1) is 11.3 Å². The van der Waals surface area contributed by atoms with Crippen molar-refractivity contribution < 1.29 is 13.9 Å². The number of amides is 1. The molecule has 0 saturated heterocycles. The molecule has 0 bridgehead atoms. The van der Waals surface area contributed by atoms with Gasteiger partial charge in [-0.2, -0.15) is 5.10 Å². The molecule has 0 aliphatic rings. The van der Waals surface area contributed by atoms with Crippen LogP contribution in [0, 0.1) is 12.7 Å². The Labute approximate surface area is 184 Å².